The zero-order valence-corrected chi connectivity index (χ0v) is 9.90. The molecule has 0 aliphatic carbocycles. The minimum atomic E-state index is -0.869. The Labute approximate surface area is 103 Å². The number of benzene rings is 1. The highest BCUT2D eigenvalue weighted by Gasteiger charge is 2.21. The van der Waals surface area contributed by atoms with Gasteiger partial charge in [0.05, 0.1) is 5.69 Å². The molecular weight excluding hydrogens is 240 g/mol. The van der Waals surface area contributed by atoms with Crippen LogP contribution in [0, 0.1) is 0 Å². The van der Waals surface area contributed by atoms with E-state index in [-0.39, 0.29) is 30.1 Å². The van der Waals surface area contributed by atoms with Crippen molar-refractivity contribution in [1.29, 1.82) is 0 Å². The topological polar surface area (TPSA) is 136 Å². The summed E-state index contributed by atoms with van der Waals surface area (Å²) in [6, 6.07) is 0. The molecule has 0 aliphatic heterocycles. The van der Waals surface area contributed by atoms with Gasteiger partial charge in [-0.05, 0) is 6.42 Å². The second-order valence-electron chi connectivity index (χ2n) is 3.74. The third-order valence-electron chi connectivity index (χ3n) is 2.56. The Morgan fingerprint density at radius 3 is 2.22 bits per heavy atom. The van der Waals surface area contributed by atoms with E-state index in [1.165, 1.54) is 0 Å². The fraction of sp³-hybridized carbons (Fsp3) is 0.364. The van der Waals surface area contributed by atoms with E-state index in [1.807, 2.05) is 0 Å². The average Bonchev–Trinajstić information content (AvgIpc) is 2.37. The molecule has 0 atom stereocenters. The van der Waals surface area contributed by atoms with Crippen LogP contribution in [-0.4, -0.2) is 32.9 Å². The number of nitrogen functional groups attached to an aromatic ring is 1. The Bertz CT molecular complexity index is 444. The van der Waals surface area contributed by atoms with Crippen LogP contribution < -0.4 is 11.1 Å². The first kappa shape index (κ1) is 13.8. The molecule has 0 bridgehead atoms. The fourth-order valence-corrected chi connectivity index (χ4v) is 1.47. The lowest BCUT2D eigenvalue weighted by Crippen LogP contribution is -2.24. The summed E-state index contributed by atoms with van der Waals surface area (Å²) >= 11 is 0. The minimum absolute atomic E-state index is 0.0687. The molecule has 0 heterocycles. The monoisotopic (exact) mass is 256 g/mol. The maximum absolute atomic E-state index is 11.0. The normalized spacial score (nSPS) is 10.3. The van der Waals surface area contributed by atoms with Crippen molar-refractivity contribution in [2.24, 2.45) is 0 Å². The van der Waals surface area contributed by atoms with Gasteiger partial charge in [0.25, 0.3) is 0 Å². The Morgan fingerprint density at radius 2 is 1.67 bits per heavy atom. The highest BCUT2D eigenvalue weighted by atomic mass is 16.3. The molecule has 100 valence electrons. The molecule has 0 spiro atoms. The van der Waals surface area contributed by atoms with Crippen molar-refractivity contribution in [3.8, 4) is 23.0 Å². The summed E-state index contributed by atoms with van der Waals surface area (Å²) in [5.74, 6) is -3.17. The van der Waals surface area contributed by atoms with E-state index in [1.54, 1.807) is 6.92 Å². The van der Waals surface area contributed by atoms with Crippen molar-refractivity contribution in [1.82, 2.24) is 5.32 Å². The molecule has 1 aromatic rings. The summed E-state index contributed by atoms with van der Waals surface area (Å²) in [7, 11) is 0. The van der Waals surface area contributed by atoms with E-state index in [0.29, 0.717) is 6.42 Å². The third-order valence-corrected chi connectivity index (χ3v) is 2.56. The van der Waals surface area contributed by atoms with Crippen molar-refractivity contribution >= 4 is 11.6 Å². The lowest BCUT2D eigenvalue weighted by Gasteiger charge is -2.13. The Hall–Kier alpha value is -2.31. The highest BCUT2D eigenvalue weighted by molar-refractivity contribution is 5.76. The molecular formula is C11H16N2O5. The van der Waals surface area contributed by atoms with Crippen LogP contribution in [0.1, 0.15) is 18.9 Å². The van der Waals surface area contributed by atoms with Crippen molar-refractivity contribution in [2.45, 2.75) is 19.8 Å². The zero-order valence-electron chi connectivity index (χ0n) is 9.90. The lowest BCUT2D eigenvalue weighted by atomic mass is 10.1. The second-order valence-corrected chi connectivity index (χ2v) is 3.74. The van der Waals surface area contributed by atoms with Crippen molar-refractivity contribution < 1.29 is 25.2 Å². The van der Waals surface area contributed by atoms with Crippen LogP contribution in [-0.2, 0) is 11.2 Å². The largest absolute Gasteiger partial charge is 0.504 e. The maximum atomic E-state index is 11.0. The highest BCUT2D eigenvalue weighted by Crippen LogP contribution is 2.48. The molecule has 0 radical (unpaired) electrons. The number of nitrogens with two attached hydrogens (primary N) is 1. The number of carbonyl (C=O) groups excluding carboxylic acids is 1. The first-order valence-electron chi connectivity index (χ1n) is 5.40. The summed E-state index contributed by atoms with van der Waals surface area (Å²) in [6.07, 6.45) is 0.443. The molecule has 0 saturated carbocycles. The van der Waals surface area contributed by atoms with Crippen molar-refractivity contribution in [3.05, 3.63) is 5.56 Å². The number of amides is 1. The molecule has 1 rings (SSSR count). The quantitative estimate of drug-likeness (QED) is 0.258. The first-order valence-corrected chi connectivity index (χ1v) is 5.40. The summed E-state index contributed by atoms with van der Waals surface area (Å²) < 4.78 is 0. The molecule has 0 fully saturated rings. The molecule has 1 aromatic carbocycles. The lowest BCUT2D eigenvalue weighted by molar-refractivity contribution is -0.120. The van der Waals surface area contributed by atoms with Crippen LogP contribution in [0.15, 0.2) is 0 Å². The van der Waals surface area contributed by atoms with E-state index < -0.39 is 23.0 Å². The predicted octanol–water partition coefficient (Wildman–Crippen LogP) is 0.160. The van der Waals surface area contributed by atoms with Gasteiger partial charge < -0.3 is 31.5 Å². The number of hydrogen-bond donors (Lipinski definition) is 6. The molecule has 7 nitrogen and oxygen atoms in total. The van der Waals surface area contributed by atoms with Crippen molar-refractivity contribution in [3.63, 3.8) is 0 Å². The van der Waals surface area contributed by atoms with Gasteiger partial charge in [0, 0.05) is 18.5 Å². The number of phenolic OH excluding ortho intramolecular Hbond substituents is 4. The Morgan fingerprint density at radius 1 is 1.11 bits per heavy atom. The third kappa shape index (κ3) is 2.50. The number of nitrogens with one attached hydrogen (secondary N) is 1. The number of hydrogen-bond acceptors (Lipinski definition) is 6. The molecule has 0 aliphatic rings. The molecule has 0 saturated heterocycles. The molecule has 1 amide bonds. The number of phenols is 4. The molecule has 18 heavy (non-hydrogen) atoms. The summed E-state index contributed by atoms with van der Waals surface area (Å²) in [6.45, 7) is 1.88. The van der Waals surface area contributed by atoms with E-state index >= 15 is 0 Å². The average molecular weight is 256 g/mol. The maximum Gasteiger partial charge on any atom is 0.219 e. The smallest absolute Gasteiger partial charge is 0.219 e. The van der Waals surface area contributed by atoms with Gasteiger partial charge in [-0.2, -0.15) is 0 Å². The van der Waals surface area contributed by atoms with Gasteiger partial charge in [-0.25, -0.2) is 0 Å². The van der Waals surface area contributed by atoms with Crippen molar-refractivity contribution in [2.75, 3.05) is 12.3 Å². The van der Waals surface area contributed by atoms with Crippen LogP contribution in [0.2, 0.25) is 0 Å². The van der Waals surface area contributed by atoms with Crippen LogP contribution in [0.25, 0.3) is 0 Å². The van der Waals surface area contributed by atoms with Crippen LogP contribution in [0.3, 0.4) is 0 Å². The van der Waals surface area contributed by atoms with Crippen LogP contribution in [0.4, 0.5) is 5.69 Å². The predicted molar refractivity (Wildman–Crippen MR) is 64.5 cm³/mol. The van der Waals surface area contributed by atoms with E-state index in [0.717, 1.165) is 0 Å². The molecule has 7 N–H and O–H groups in total. The second kappa shape index (κ2) is 5.35. The van der Waals surface area contributed by atoms with Gasteiger partial charge in [0.15, 0.2) is 11.5 Å². The number of rotatable bonds is 4. The molecule has 0 aromatic heterocycles. The van der Waals surface area contributed by atoms with Gasteiger partial charge in [-0.1, -0.05) is 6.92 Å². The fourth-order valence-electron chi connectivity index (χ4n) is 1.47. The number of anilines is 1. The van der Waals surface area contributed by atoms with Gasteiger partial charge in [-0.3, -0.25) is 4.79 Å². The van der Waals surface area contributed by atoms with Gasteiger partial charge in [-0.15, -0.1) is 0 Å². The molecule has 0 unspecified atom stereocenters. The first-order chi connectivity index (χ1) is 8.40. The standard InChI is InChI=1S/C11H16N2O5/c1-2-6(14)13-4-3-5-7(12)9(16)11(18)10(17)8(5)15/h15-18H,2-4,12H2,1H3,(H,13,14). The van der Waals surface area contributed by atoms with Crippen LogP contribution in [0.5, 0.6) is 23.0 Å². The van der Waals surface area contributed by atoms with Gasteiger partial charge in [0.2, 0.25) is 17.4 Å². The Balaban J connectivity index is 2.93. The van der Waals surface area contributed by atoms with E-state index in [2.05, 4.69) is 5.32 Å². The Kier molecular flexibility index (Phi) is 4.09. The zero-order chi connectivity index (χ0) is 13.9. The summed E-state index contributed by atoms with van der Waals surface area (Å²) in [4.78, 5) is 11.0. The van der Waals surface area contributed by atoms with Crippen LogP contribution >= 0.6 is 0 Å². The van der Waals surface area contributed by atoms with Gasteiger partial charge in [0.1, 0.15) is 0 Å². The van der Waals surface area contributed by atoms with Gasteiger partial charge >= 0.3 is 0 Å². The van der Waals surface area contributed by atoms with E-state index in [9.17, 15) is 25.2 Å². The number of aromatic hydroxyl groups is 4. The molecule has 7 heteroatoms. The minimum Gasteiger partial charge on any atom is -0.504 e. The number of carbonyl (C=O) groups is 1. The summed E-state index contributed by atoms with van der Waals surface area (Å²) in [5, 5.41) is 40.1. The summed E-state index contributed by atoms with van der Waals surface area (Å²) in [5.41, 5.74) is 5.35. The van der Waals surface area contributed by atoms with E-state index in [4.69, 9.17) is 5.73 Å². The SMILES string of the molecule is CCC(=O)NCCc1c(N)c(O)c(O)c(O)c1O.